The number of alkyl halides is 3. The number of hydrogen-bond donors (Lipinski definition) is 1. The molecule has 0 aliphatic carbocycles. The zero-order valence-electron chi connectivity index (χ0n) is 6.91. The first-order valence-electron chi connectivity index (χ1n) is 3.60. The minimum atomic E-state index is -4.70. The molecule has 0 aliphatic heterocycles. The predicted octanol–water partition coefficient (Wildman–Crippen LogP) is 2.26. The van der Waals surface area contributed by atoms with Crippen LogP contribution in [0, 0.1) is 0 Å². The molecule has 0 heterocycles. The summed E-state index contributed by atoms with van der Waals surface area (Å²) >= 11 is 0. The summed E-state index contributed by atoms with van der Waals surface area (Å²) in [6.07, 6.45) is -4.70. The van der Waals surface area contributed by atoms with Crippen LogP contribution in [0.4, 0.5) is 13.2 Å². The van der Waals surface area contributed by atoms with E-state index in [0.717, 1.165) is 0 Å². The predicted molar refractivity (Wildman–Crippen MR) is 40.7 cm³/mol. The molecule has 0 saturated heterocycles. The summed E-state index contributed by atoms with van der Waals surface area (Å²) in [5.41, 5.74) is 0. The van der Waals surface area contributed by atoms with Gasteiger partial charge in [-0.1, -0.05) is 0 Å². The van der Waals surface area contributed by atoms with E-state index in [2.05, 4.69) is 9.47 Å². The van der Waals surface area contributed by atoms with E-state index in [1.54, 1.807) is 0 Å². The van der Waals surface area contributed by atoms with Gasteiger partial charge >= 0.3 is 6.36 Å². The summed E-state index contributed by atoms with van der Waals surface area (Å²) in [5, 5.41) is 8.84. The van der Waals surface area contributed by atoms with E-state index in [9.17, 15) is 13.2 Å². The Labute approximate surface area is 77.7 Å². The van der Waals surface area contributed by atoms with Crippen LogP contribution in [0.1, 0.15) is 0 Å². The summed E-state index contributed by atoms with van der Waals surface area (Å²) in [7, 11) is 0. The number of phenols is 1. The van der Waals surface area contributed by atoms with E-state index in [0.29, 0.717) is 0 Å². The highest BCUT2D eigenvalue weighted by molar-refractivity contribution is 5.29. The molecule has 0 saturated carbocycles. The highest BCUT2D eigenvalue weighted by Crippen LogP contribution is 2.19. The third-order valence-corrected chi connectivity index (χ3v) is 1.28. The summed E-state index contributed by atoms with van der Waals surface area (Å²) in [4.78, 5) is 0. The van der Waals surface area contributed by atoms with Crippen molar-refractivity contribution < 1.29 is 27.8 Å². The molecule has 1 aromatic rings. The summed E-state index contributed by atoms with van der Waals surface area (Å²) in [6.45, 7) is -0.908. The molecule has 1 aromatic carbocycles. The van der Waals surface area contributed by atoms with Gasteiger partial charge in [0.05, 0.1) is 0 Å². The number of ether oxygens (including phenoxy) is 2. The quantitative estimate of drug-likeness (QED) is 0.774. The first kappa shape index (κ1) is 10.6. The van der Waals surface area contributed by atoms with Crippen LogP contribution in [-0.4, -0.2) is 18.3 Å². The van der Waals surface area contributed by atoms with Crippen molar-refractivity contribution in [1.29, 1.82) is 0 Å². The molecular formula is C8H7F3O3. The molecule has 1 rings (SSSR count). The Morgan fingerprint density at radius 3 is 2.21 bits per heavy atom. The molecular weight excluding hydrogens is 201 g/mol. The lowest BCUT2D eigenvalue weighted by molar-refractivity contribution is -0.341. The molecule has 6 heteroatoms. The minimum absolute atomic E-state index is 0.00842. The number of phenolic OH excluding ortho intramolecular Hbond substituents is 1. The van der Waals surface area contributed by atoms with Crippen LogP contribution in [0.25, 0.3) is 0 Å². The Hall–Kier alpha value is -1.43. The first-order chi connectivity index (χ1) is 6.47. The van der Waals surface area contributed by atoms with Gasteiger partial charge < -0.3 is 9.84 Å². The first-order valence-corrected chi connectivity index (χ1v) is 3.60. The fraction of sp³-hybridized carbons (Fsp3) is 0.250. The molecule has 1 N–H and O–H groups in total. The number of halogens is 3. The van der Waals surface area contributed by atoms with Crippen LogP contribution >= 0.6 is 0 Å². The maximum absolute atomic E-state index is 11.5. The average Bonchev–Trinajstić information content (AvgIpc) is 2.06. The zero-order valence-corrected chi connectivity index (χ0v) is 6.91. The van der Waals surface area contributed by atoms with E-state index in [4.69, 9.17) is 5.11 Å². The van der Waals surface area contributed by atoms with E-state index in [-0.39, 0.29) is 11.5 Å². The van der Waals surface area contributed by atoms with E-state index in [1.807, 2.05) is 0 Å². The Morgan fingerprint density at radius 1 is 1.14 bits per heavy atom. The second kappa shape index (κ2) is 4.19. The number of benzene rings is 1. The van der Waals surface area contributed by atoms with Crippen molar-refractivity contribution in [3.05, 3.63) is 24.3 Å². The summed E-state index contributed by atoms with van der Waals surface area (Å²) < 4.78 is 42.4. The third kappa shape index (κ3) is 3.99. The zero-order chi connectivity index (χ0) is 10.6. The van der Waals surface area contributed by atoms with E-state index >= 15 is 0 Å². The van der Waals surface area contributed by atoms with Crippen molar-refractivity contribution in [2.24, 2.45) is 0 Å². The third-order valence-electron chi connectivity index (χ3n) is 1.28. The monoisotopic (exact) mass is 208 g/mol. The highest BCUT2D eigenvalue weighted by Gasteiger charge is 2.29. The molecule has 0 atom stereocenters. The Balaban J connectivity index is 2.35. The lowest BCUT2D eigenvalue weighted by Gasteiger charge is -2.08. The lowest BCUT2D eigenvalue weighted by atomic mass is 10.3. The number of rotatable bonds is 3. The smallest absolute Gasteiger partial charge is 0.508 e. The molecule has 0 fully saturated rings. The van der Waals surface area contributed by atoms with Crippen molar-refractivity contribution in [3.8, 4) is 11.5 Å². The molecule has 0 unspecified atom stereocenters. The van der Waals surface area contributed by atoms with Crippen molar-refractivity contribution >= 4 is 0 Å². The van der Waals surface area contributed by atoms with Crippen LogP contribution in [0.5, 0.6) is 11.5 Å². The van der Waals surface area contributed by atoms with E-state index in [1.165, 1.54) is 24.3 Å². The summed E-state index contributed by atoms with van der Waals surface area (Å²) in [5.74, 6) is 0.195. The normalized spacial score (nSPS) is 11.4. The van der Waals surface area contributed by atoms with Crippen LogP contribution in [-0.2, 0) is 4.74 Å². The highest BCUT2D eigenvalue weighted by atomic mass is 19.4. The molecule has 0 aromatic heterocycles. The number of hydrogen-bond acceptors (Lipinski definition) is 3. The molecule has 3 nitrogen and oxygen atoms in total. The van der Waals surface area contributed by atoms with Crippen molar-refractivity contribution in [3.63, 3.8) is 0 Å². The van der Waals surface area contributed by atoms with Gasteiger partial charge in [-0.05, 0) is 24.3 Å². The Morgan fingerprint density at radius 2 is 1.71 bits per heavy atom. The second-order valence-electron chi connectivity index (χ2n) is 2.35. The minimum Gasteiger partial charge on any atom is -0.508 e. The standard InChI is InChI=1S/C8H7F3O3/c9-8(10,11)14-5-13-7-3-1-6(12)2-4-7/h1-4,12H,5H2. The molecule has 78 valence electrons. The Kier molecular flexibility index (Phi) is 3.19. The van der Waals surface area contributed by atoms with Crippen LogP contribution < -0.4 is 4.74 Å². The lowest BCUT2D eigenvalue weighted by Crippen LogP contribution is -2.17. The van der Waals surface area contributed by atoms with Crippen LogP contribution in [0.15, 0.2) is 24.3 Å². The fourth-order valence-corrected chi connectivity index (χ4v) is 0.707. The van der Waals surface area contributed by atoms with Crippen molar-refractivity contribution in [2.45, 2.75) is 6.36 Å². The van der Waals surface area contributed by atoms with Crippen molar-refractivity contribution in [1.82, 2.24) is 0 Å². The summed E-state index contributed by atoms with van der Waals surface area (Å²) in [6, 6.07) is 5.25. The second-order valence-corrected chi connectivity index (χ2v) is 2.35. The van der Waals surface area contributed by atoms with Gasteiger partial charge in [0.1, 0.15) is 11.5 Å². The Bertz CT molecular complexity index is 281. The van der Waals surface area contributed by atoms with Gasteiger partial charge in [0.2, 0.25) is 0 Å². The van der Waals surface area contributed by atoms with Crippen molar-refractivity contribution in [2.75, 3.05) is 6.79 Å². The van der Waals surface area contributed by atoms with Gasteiger partial charge in [-0.15, -0.1) is 13.2 Å². The topological polar surface area (TPSA) is 38.7 Å². The van der Waals surface area contributed by atoms with Gasteiger partial charge in [0, 0.05) is 0 Å². The van der Waals surface area contributed by atoms with E-state index < -0.39 is 13.2 Å². The van der Waals surface area contributed by atoms with Gasteiger partial charge in [0.25, 0.3) is 0 Å². The molecule has 0 radical (unpaired) electrons. The SMILES string of the molecule is Oc1ccc(OCOC(F)(F)F)cc1. The van der Waals surface area contributed by atoms with Gasteiger partial charge in [-0.2, -0.15) is 0 Å². The largest absolute Gasteiger partial charge is 0.525 e. The molecule has 0 spiro atoms. The molecule has 0 bridgehead atoms. The molecule has 0 amide bonds. The van der Waals surface area contributed by atoms with Crippen LogP contribution in [0.2, 0.25) is 0 Å². The maximum atomic E-state index is 11.5. The average molecular weight is 208 g/mol. The van der Waals surface area contributed by atoms with Crippen LogP contribution in [0.3, 0.4) is 0 Å². The molecule has 14 heavy (non-hydrogen) atoms. The molecule has 0 aliphatic rings. The van der Waals surface area contributed by atoms with Gasteiger partial charge in [0.15, 0.2) is 6.79 Å². The number of aromatic hydroxyl groups is 1. The fourth-order valence-electron chi connectivity index (χ4n) is 0.707. The maximum Gasteiger partial charge on any atom is 0.525 e. The van der Waals surface area contributed by atoms with Gasteiger partial charge in [-0.3, -0.25) is 4.74 Å². The van der Waals surface area contributed by atoms with Gasteiger partial charge in [-0.25, -0.2) is 0 Å².